The van der Waals surface area contributed by atoms with Crippen LogP contribution in [0.5, 0.6) is 5.75 Å². The average molecular weight is 249 g/mol. The fourth-order valence-electron chi connectivity index (χ4n) is 1.80. The molecule has 0 aliphatic heterocycles. The fraction of sp³-hybridized carbons (Fsp3) is 0.462. The Morgan fingerprint density at radius 3 is 2.83 bits per heavy atom. The quantitative estimate of drug-likeness (QED) is 0.319. The van der Waals surface area contributed by atoms with Gasteiger partial charge in [0.1, 0.15) is 5.75 Å². The lowest BCUT2D eigenvalue weighted by Gasteiger charge is -2.13. The van der Waals surface area contributed by atoms with E-state index >= 15 is 0 Å². The third kappa shape index (κ3) is 2.73. The summed E-state index contributed by atoms with van der Waals surface area (Å²) in [5.41, 5.74) is 7.62. The molecule has 0 atom stereocenters. The Hall–Kier alpha value is -1.75. The molecule has 98 valence electrons. The van der Waals surface area contributed by atoms with Gasteiger partial charge in [0.2, 0.25) is 0 Å². The number of methoxy groups -OCH3 is 1. The molecule has 0 unspecified atom stereocenters. The van der Waals surface area contributed by atoms with Gasteiger partial charge in [0.15, 0.2) is 5.84 Å². The molecule has 0 aromatic heterocycles. The Kier molecular flexibility index (Phi) is 3.43. The van der Waals surface area contributed by atoms with Gasteiger partial charge in [0.25, 0.3) is 0 Å². The van der Waals surface area contributed by atoms with E-state index in [2.05, 4.69) is 17.4 Å². The second-order valence-corrected chi connectivity index (χ2v) is 4.93. The van der Waals surface area contributed by atoms with E-state index in [9.17, 15) is 0 Å². The van der Waals surface area contributed by atoms with Gasteiger partial charge < -0.3 is 21.0 Å². The van der Waals surface area contributed by atoms with Gasteiger partial charge in [-0.25, -0.2) is 0 Å². The van der Waals surface area contributed by atoms with E-state index in [0.717, 1.165) is 12.1 Å². The van der Waals surface area contributed by atoms with Gasteiger partial charge in [-0.3, -0.25) is 0 Å². The van der Waals surface area contributed by atoms with Gasteiger partial charge in [0, 0.05) is 12.1 Å². The van der Waals surface area contributed by atoms with Gasteiger partial charge in [0.05, 0.1) is 12.7 Å². The summed E-state index contributed by atoms with van der Waals surface area (Å²) in [6.07, 6.45) is 2.44. The molecule has 5 heteroatoms. The van der Waals surface area contributed by atoms with Crippen molar-refractivity contribution >= 4 is 5.84 Å². The maximum Gasteiger partial charge on any atom is 0.173 e. The Morgan fingerprint density at radius 2 is 2.28 bits per heavy atom. The molecule has 1 aromatic rings. The Bertz CT molecular complexity index is 467. The van der Waals surface area contributed by atoms with Crippen LogP contribution in [0.3, 0.4) is 0 Å². The SMILES string of the molecule is COc1ccc(CNC2(C)CC2)cc1/C(N)=N/O. The number of hydrogen-bond donors (Lipinski definition) is 3. The van der Waals surface area contributed by atoms with Crippen molar-refractivity contribution in [1.82, 2.24) is 5.32 Å². The predicted molar refractivity (Wildman–Crippen MR) is 70.0 cm³/mol. The summed E-state index contributed by atoms with van der Waals surface area (Å²) < 4.78 is 5.19. The number of hydrogen-bond acceptors (Lipinski definition) is 4. The summed E-state index contributed by atoms with van der Waals surface area (Å²) in [5, 5.41) is 15.3. The number of rotatable bonds is 5. The molecule has 0 bridgehead atoms. The molecule has 1 aromatic carbocycles. The van der Waals surface area contributed by atoms with E-state index in [1.165, 1.54) is 12.8 Å². The minimum absolute atomic E-state index is 0.0614. The highest BCUT2D eigenvalue weighted by Crippen LogP contribution is 2.34. The molecule has 0 radical (unpaired) electrons. The molecule has 1 saturated carbocycles. The highest BCUT2D eigenvalue weighted by atomic mass is 16.5. The number of amidine groups is 1. The molecule has 0 saturated heterocycles. The summed E-state index contributed by atoms with van der Waals surface area (Å²) >= 11 is 0. The van der Waals surface area contributed by atoms with Crippen LogP contribution in [-0.2, 0) is 6.54 Å². The lowest BCUT2D eigenvalue weighted by atomic mass is 10.1. The Balaban J connectivity index is 2.16. The van der Waals surface area contributed by atoms with Crippen LogP contribution in [0.2, 0.25) is 0 Å². The van der Waals surface area contributed by atoms with E-state index in [4.69, 9.17) is 15.7 Å². The highest BCUT2D eigenvalue weighted by Gasteiger charge is 2.36. The zero-order valence-corrected chi connectivity index (χ0v) is 10.7. The standard InChI is InChI=1S/C13H19N3O2/c1-13(5-6-13)15-8-9-3-4-11(18-2)10(7-9)12(14)16-17/h3-4,7,15,17H,5-6,8H2,1-2H3,(H2,14,16). The van der Waals surface area contributed by atoms with Crippen LogP contribution in [0.25, 0.3) is 0 Å². The van der Waals surface area contributed by atoms with Crippen molar-refractivity contribution < 1.29 is 9.94 Å². The first kappa shape index (κ1) is 12.7. The van der Waals surface area contributed by atoms with Crippen LogP contribution in [-0.4, -0.2) is 23.7 Å². The summed E-state index contributed by atoms with van der Waals surface area (Å²) in [6, 6.07) is 5.69. The minimum atomic E-state index is 0.0614. The molecule has 4 N–H and O–H groups in total. The van der Waals surface area contributed by atoms with Crippen molar-refractivity contribution in [2.24, 2.45) is 10.9 Å². The van der Waals surface area contributed by atoms with E-state index in [0.29, 0.717) is 11.3 Å². The lowest BCUT2D eigenvalue weighted by Crippen LogP contribution is -2.27. The number of oxime groups is 1. The van der Waals surface area contributed by atoms with E-state index in [1.807, 2.05) is 18.2 Å². The second-order valence-electron chi connectivity index (χ2n) is 4.93. The normalized spacial score (nSPS) is 17.6. The van der Waals surface area contributed by atoms with Gasteiger partial charge in [-0.15, -0.1) is 0 Å². The molecule has 2 rings (SSSR count). The molecule has 0 amide bonds. The first-order valence-electron chi connectivity index (χ1n) is 5.98. The smallest absolute Gasteiger partial charge is 0.173 e. The Morgan fingerprint density at radius 1 is 1.56 bits per heavy atom. The number of nitrogens with zero attached hydrogens (tertiary/aromatic N) is 1. The van der Waals surface area contributed by atoms with Crippen LogP contribution in [0, 0.1) is 0 Å². The van der Waals surface area contributed by atoms with Crippen LogP contribution in [0.4, 0.5) is 0 Å². The topological polar surface area (TPSA) is 79.9 Å². The molecule has 1 aliphatic carbocycles. The minimum Gasteiger partial charge on any atom is -0.496 e. The molecule has 0 spiro atoms. The van der Waals surface area contributed by atoms with Crippen molar-refractivity contribution in [3.8, 4) is 5.75 Å². The second kappa shape index (κ2) is 4.86. The maximum absolute atomic E-state index is 8.76. The molecule has 18 heavy (non-hydrogen) atoms. The van der Waals surface area contributed by atoms with E-state index in [-0.39, 0.29) is 11.4 Å². The molecular formula is C13H19N3O2. The van der Waals surface area contributed by atoms with Crippen molar-refractivity contribution in [2.45, 2.75) is 31.8 Å². The lowest BCUT2D eigenvalue weighted by molar-refractivity contribution is 0.318. The van der Waals surface area contributed by atoms with Crippen LogP contribution >= 0.6 is 0 Å². The predicted octanol–water partition coefficient (Wildman–Crippen LogP) is 1.43. The van der Waals surface area contributed by atoms with E-state index in [1.54, 1.807) is 7.11 Å². The molecule has 1 fully saturated rings. The van der Waals surface area contributed by atoms with Crippen LogP contribution < -0.4 is 15.8 Å². The number of nitrogens with two attached hydrogens (primary N) is 1. The van der Waals surface area contributed by atoms with Crippen LogP contribution in [0.15, 0.2) is 23.4 Å². The third-order valence-corrected chi connectivity index (χ3v) is 3.37. The van der Waals surface area contributed by atoms with E-state index < -0.39 is 0 Å². The summed E-state index contributed by atoms with van der Waals surface area (Å²) in [7, 11) is 1.56. The van der Waals surface area contributed by atoms with Gasteiger partial charge >= 0.3 is 0 Å². The summed E-state index contributed by atoms with van der Waals surface area (Å²) in [4.78, 5) is 0. The van der Waals surface area contributed by atoms with Crippen molar-refractivity contribution in [1.29, 1.82) is 0 Å². The summed E-state index contributed by atoms with van der Waals surface area (Å²) in [6.45, 7) is 2.98. The van der Waals surface area contributed by atoms with Crippen molar-refractivity contribution in [3.63, 3.8) is 0 Å². The first-order chi connectivity index (χ1) is 8.58. The third-order valence-electron chi connectivity index (χ3n) is 3.37. The monoisotopic (exact) mass is 249 g/mol. The van der Waals surface area contributed by atoms with Crippen molar-refractivity contribution in [3.05, 3.63) is 29.3 Å². The van der Waals surface area contributed by atoms with Gasteiger partial charge in [-0.05, 0) is 37.5 Å². The van der Waals surface area contributed by atoms with Gasteiger partial charge in [-0.1, -0.05) is 11.2 Å². The summed E-state index contributed by atoms with van der Waals surface area (Å²) in [5.74, 6) is 0.665. The van der Waals surface area contributed by atoms with Crippen molar-refractivity contribution in [2.75, 3.05) is 7.11 Å². The molecular weight excluding hydrogens is 230 g/mol. The van der Waals surface area contributed by atoms with Crippen LogP contribution in [0.1, 0.15) is 30.9 Å². The first-order valence-corrected chi connectivity index (χ1v) is 5.98. The zero-order chi connectivity index (χ0) is 13.2. The fourth-order valence-corrected chi connectivity index (χ4v) is 1.80. The zero-order valence-electron chi connectivity index (χ0n) is 10.7. The number of benzene rings is 1. The maximum atomic E-state index is 8.76. The largest absolute Gasteiger partial charge is 0.496 e. The molecule has 0 heterocycles. The van der Waals surface area contributed by atoms with Gasteiger partial charge in [-0.2, -0.15) is 0 Å². The highest BCUT2D eigenvalue weighted by molar-refractivity contribution is 5.99. The number of ether oxygens (including phenoxy) is 1. The Labute approximate surface area is 107 Å². The average Bonchev–Trinajstić information content (AvgIpc) is 3.13. The number of nitrogens with one attached hydrogen (secondary N) is 1. The molecule has 1 aliphatic rings. The molecule has 5 nitrogen and oxygen atoms in total.